The predicted molar refractivity (Wildman–Crippen MR) is 76.8 cm³/mol. The van der Waals surface area contributed by atoms with Gasteiger partial charge in [0, 0.05) is 5.69 Å². The fourth-order valence-corrected chi connectivity index (χ4v) is 2.22. The third-order valence-corrected chi connectivity index (χ3v) is 3.23. The fourth-order valence-electron chi connectivity index (χ4n) is 2.01. The molecule has 0 amide bonds. The summed E-state index contributed by atoms with van der Waals surface area (Å²) in [6.45, 7) is 0. The molecule has 3 rings (SSSR count). The van der Waals surface area contributed by atoms with Crippen LogP contribution in [0.5, 0.6) is 0 Å². The first kappa shape index (κ1) is 11.7. The second-order valence-electron chi connectivity index (χ2n) is 4.15. The van der Waals surface area contributed by atoms with E-state index < -0.39 is 0 Å². The van der Waals surface area contributed by atoms with Gasteiger partial charge < -0.3 is 5.73 Å². The number of anilines is 1. The van der Waals surface area contributed by atoms with E-state index in [-0.39, 0.29) is 5.56 Å². The van der Waals surface area contributed by atoms with Gasteiger partial charge in [-0.25, -0.2) is 0 Å². The maximum Gasteiger partial charge on any atom is 0.280 e. The van der Waals surface area contributed by atoms with Gasteiger partial charge in [-0.2, -0.15) is 4.98 Å². The van der Waals surface area contributed by atoms with Gasteiger partial charge in [-0.3, -0.25) is 9.36 Å². The first-order valence-corrected chi connectivity index (χ1v) is 6.06. The van der Waals surface area contributed by atoms with E-state index in [9.17, 15) is 4.79 Å². The van der Waals surface area contributed by atoms with Gasteiger partial charge in [0.1, 0.15) is 6.33 Å². The molecule has 5 heteroatoms. The number of nitrogens with zero attached hydrogens (tertiary/aromatic N) is 2. The monoisotopic (exact) mass is 271 g/mol. The van der Waals surface area contributed by atoms with Crippen LogP contribution >= 0.6 is 11.6 Å². The molecule has 1 heterocycles. The Labute approximate surface area is 114 Å². The Morgan fingerprint density at radius 3 is 2.79 bits per heavy atom. The molecule has 0 aliphatic heterocycles. The van der Waals surface area contributed by atoms with Crippen LogP contribution in [0.2, 0.25) is 5.02 Å². The number of halogens is 1. The Kier molecular flexibility index (Phi) is 2.72. The van der Waals surface area contributed by atoms with E-state index in [0.717, 1.165) is 5.52 Å². The summed E-state index contributed by atoms with van der Waals surface area (Å²) in [4.78, 5) is 15.6. The SMILES string of the molecule is Nc1ccc(Cl)c(-n2cnc(=O)c3ccccc32)c1. The number of hydrogen-bond donors (Lipinski definition) is 1. The van der Waals surface area contributed by atoms with Crippen LogP contribution < -0.4 is 11.3 Å². The number of benzene rings is 2. The number of hydrogen-bond acceptors (Lipinski definition) is 3. The molecule has 0 aliphatic carbocycles. The Bertz CT molecular complexity index is 826. The van der Waals surface area contributed by atoms with E-state index in [4.69, 9.17) is 17.3 Å². The molecule has 0 atom stereocenters. The van der Waals surface area contributed by atoms with Crippen molar-refractivity contribution in [3.8, 4) is 5.69 Å². The maximum absolute atomic E-state index is 11.7. The molecule has 2 N–H and O–H groups in total. The number of fused-ring (bicyclic) bond motifs is 1. The maximum atomic E-state index is 11.7. The van der Waals surface area contributed by atoms with E-state index in [2.05, 4.69) is 4.98 Å². The van der Waals surface area contributed by atoms with Crippen LogP contribution in [0.3, 0.4) is 0 Å². The highest BCUT2D eigenvalue weighted by atomic mass is 35.5. The van der Waals surface area contributed by atoms with Crippen LogP contribution in [-0.4, -0.2) is 9.55 Å². The lowest BCUT2D eigenvalue weighted by atomic mass is 10.2. The summed E-state index contributed by atoms with van der Waals surface area (Å²) in [5, 5.41) is 1.09. The van der Waals surface area contributed by atoms with Crippen LogP contribution in [-0.2, 0) is 0 Å². The van der Waals surface area contributed by atoms with Crippen LogP contribution in [0.4, 0.5) is 5.69 Å². The van der Waals surface area contributed by atoms with Gasteiger partial charge in [-0.05, 0) is 30.3 Å². The Hall–Kier alpha value is -2.33. The zero-order valence-electron chi connectivity index (χ0n) is 9.88. The van der Waals surface area contributed by atoms with Crippen molar-refractivity contribution < 1.29 is 0 Å². The Morgan fingerprint density at radius 1 is 1.16 bits per heavy atom. The van der Waals surface area contributed by atoms with Crippen molar-refractivity contribution in [1.82, 2.24) is 9.55 Å². The molecular formula is C14H10ClN3O. The van der Waals surface area contributed by atoms with Gasteiger partial charge in [-0.15, -0.1) is 0 Å². The highest BCUT2D eigenvalue weighted by Crippen LogP contribution is 2.25. The van der Waals surface area contributed by atoms with E-state index in [0.29, 0.717) is 21.8 Å². The van der Waals surface area contributed by atoms with Gasteiger partial charge in [0.05, 0.1) is 21.6 Å². The normalized spacial score (nSPS) is 10.8. The molecule has 94 valence electrons. The summed E-state index contributed by atoms with van der Waals surface area (Å²) < 4.78 is 1.76. The van der Waals surface area contributed by atoms with Gasteiger partial charge in [0.15, 0.2) is 0 Å². The minimum absolute atomic E-state index is 0.258. The van der Waals surface area contributed by atoms with Crippen LogP contribution in [0, 0.1) is 0 Å². The Balaban J connectivity index is 2.41. The summed E-state index contributed by atoms with van der Waals surface area (Å²) in [6, 6.07) is 12.4. The summed E-state index contributed by atoms with van der Waals surface area (Å²) in [7, 11) is 0. The van der Waals surface area contributed by atoms with E-state index >= 15 is 0 Å². The Morgan fingerprint density at radius 2 is 1.95 bits per heavy atom. The van der Waals surface area contributed by atoms with Crippen LogP contribution in [0.15, 0.2) is 53.6 Å². The van der Waals surface area contributed by atoms with Crippen molar-refractivity contribution in [2.24, 2.45) is 0 Å². The molecular weight excluding hydrogens is 262 g/mol. The highest BCUT2D eigenvalue weighted by Gasteiger charge is 2.08. The van der Waals surface area contributed by atoms with Crippen molar-refractivity contribution in [3.05, 3.63) is 64.2 Å². The lowest BCUT2D eigenvalue weighted by molar-refractivity contribution is 1.02. The average Bonchev–Trinajstić information content (AvgIpc) is 2.43. The minimum Gasteiger partial charge on any atom is -0.399 e. The molecule has 0 aliphatic rings. The topological polar surface area (TPSA) is 60.9 Å². The van der Waals surface area contributed by atoms with Crippen molar-refractivity contribution in [1.29, 1.82) is 0 Å². The number of nitrogen functional groups attached to an aromatic ring is 1. The molecule has 1 aromatic heterocycles. The molecule has 4 nitrogen and oxygen atoms in total. The number of rotatable bonds is 1. The van der Waals surface area contributed by atoms with Crippen LogP contribution in [0.25, 0.3) is 16.6 Å². The zero-order chi connectivity index (χ0) is 13.4. The number of para-hydroxylation sites is 1. The molecule has 2 aromatic carbocycles. The lowest BCUT2D eigenvalue weighted by Crippen LogP contribution is -2.11. The fraction of sp³-hybridized carbons (Fsp3) is 0. The molecule has 0 saturated carbocycles. The van der Waals surface area contributed by atoms with Crippen molar-refractivity contribution in [3.63, 3.8) is 0 Å². The second kappa shape index (κ2) is 4.40. The first-order chi connectivity index (χ1) is 9.16. The number of aromatic nitrogens is 2. The molecule has 0 saturated heterocycles. The first-order valence-electron chi connectivity index (χ1n) is 5.68. The summed E-state index contributed by atoms with van der Waals surface area (Å²) in [5.74, 6) is 0. The largest absolute Gasteiger partial charge is 0.399 e. The zero-order valence-corrected chi connectivity index (χ0v) is 10.6. The third kappa shape index (κ3) is 1.96. The van der Waals surface area contributed by atoms with E-state index in [1.54, 1.807) is 34.9 Å². The quantitative estimate of drug-likeness (QED) is 0.692. The highest BCUT2D eigenvalue weighted by molar-refractivity contribution is 6.32. The van der Waals surface area contributed by atoms with Gasteiger partial charge >= 0.3 is 0 Å². The van der Waals surface area contributed by atoms with Crippen LogP contribution in [0.1, 0.15) is 0 Å². The smallest absolute Gasteiger partial charge is 0.280 e. The van der Waals surface area contributed by atoms with Gasteiger partial charge in [0.2, 0.25) is 0 Å². The number of nitrogens with two attached hydrogens (primary N) is 1. The molecule has 0 bridgehead atoms. The summed E-state index contributed by atoms with van der Waals surface area (Å²) in [5.41, 5.74) is 7.57. The van der Waals surface area contributed by atoms with Gasteiger partial charge in [0.25, 0.3) is 5.56 Å². The standard InChI is InChI=1S/C14H10ClN3O/c15-11-6-5-9(16)7-13(11)18-8-17-14(19)10-3-1-2-4-12(10)18/h1-8H,16H2. The average molecular weight is 272 g/mol. The molecule has 0 fully saturated rings. The predicted octanol–water partition coefficient (Wildman–Crippen LogP) is 2.62. The minimum atomic E-state index is -0.258. The third-order valence-electron chi connectivity index (χ3n) is 2.91. The molecule has 3 aromatic rings. The summed E-state index contributed by atoms with van der Waals surface area (Å²) in [6.07, 6.45) is 1.46. The van der Waals surface area contributed by atoms with Crippen molar-refractivity contribution in [2.75, 3.05) is 5.73 Å². The summed E-state index contributed by atoms with van der Waals surface area (Å²) >= 11 is 6.19. The van der Waals surface area contributed by atoms with E-state index in [1.165, 1.54) is 6.33 Å². The second-order valence-corrected chi connectivity index (χ2v) is 4.55. The van der Waals surface area contributed by atoms with Crippen molar-refractivity contribution in [2.45, 2.75) is 0 Å². The van der Waals surface area contributed by atoms with Crippen molar-refractivity contribution >= 4 is 28.2 Å². The van der Waals surface area contributed by atoms with Gasteiger partial charge in [-0.1, -0.05) is 23.7 Å². The molecule has 0 unspecified atom stereocenters. The van der Waals surface area contributed by atoms with E-state index in [1.807, 2.05) is 12.1 Å². The molecule has 0 spiro atoms. The lowest BCUT2D eigenvalue weighted by Gasteiger charge is -2.12. The molecule has 0 radical (unpaired) electrons. The molecule has 19 heavy (non-hydrogen) atoms.